The van der Waals surface area contributed by atoms with Gasteiger partial charge in [0.15, 0.2) is 12.1 Å². The fourth-order valence-corrected chi connectivity index (χ4v) is 0.377. The molecule has 1 unspecified atom stereocenters. The Morgan fingerprint density at radius 1 is 1.56 bits per heavy atom. The summed E-state index contributed by atoms with van der Waals surface area (Å²) in [5.74, 6) is -0.956. The van der Waals surface area contributed by atoms with Gasteiger partial charge in [-0.2, -0.15) is 0 Å². The third-order valence-electron chi connectivity index (χ3n) is 1.05. The van der Waals surface area contributed by atoms with Gasteiger partial charge in [0.1, 0.15) is 6.29 Å². The van der Waals surface area contributed by atoms with E-state index in [9.17, 15) is 14.4 Å². The third-order valence-corrected chi connectivity index (χ3v) is 1.05. The Kier molecular flexibility index (Phi) is 3.51. The number of carbonyl (C=O) groups excluding carboxylic acids is 3. The Morgan fingerprint density at radius 2 is 2.11 bits per heavy atom. The lowest BCUT2D eigenvalue weighted by Crippen LogP contribution is -2.11. The molecule has 1 atom stereocenters. The van der Waals surface area contributed by atoms with Crippen molar-refractivity contribution in [2.24, 2.45) is 5.92 Å². The molecule has 3 nitrogen and oxygen atoms in total. The first-order chi connectivity index (χ1) is 4.22. The second-order valence-electron chi connectivity index (χ2n) is 1.82. The van der Waals surface area contributed by atoms with Crippen LogP contribution in [0, 0.1) is 5.92 Å². The number of carbonyl (C=O) groups is 3. The molecule has 0 saturated heterocycles. The first-order valence-electron chi connectivity index (χ1n) is 2.65. The molecule has 0 amide bonds. The highest BCUT2D eigenvalue weighted by molar-refractivity contribution is 6.26. The molecule has 0 fully saturated rings. The monoisotopic (exact) mass is 128 g/mol. The highest BCUT2D eigenvalue weighted by atomic mass is 16.2. The number of Topliss-reactive ketones (excluding diaryl/α,β-unsaturated/α-hetero) is 1. The second-order valence-corrected chi connectivity index (χ2v) is 1.82. The standard InChI is InChI=1S/C6H8O3/c1-5(2-3-7)6(9)4-8/h3-5H,2H2,1H3. The van der Waals surface area contributed by atoms with Gasteiger partial charge in [-0.05, 0) is 0 Å². The van der Waals surface area contributed by atoms with E-state index in [2.05, 4.69) is 0 Å². The van der Waals surface area contributed by atoms with Gasteiger partial charge >= 0.3 is 0 Å². The molecule has 9 heavy (non-hydrogen) atoms. The number of hydrogen-bond donors (Lipinski definition) is 0. The highest BCUT2D eigenvalue weighted by Gasteiger charge is 2.09. The maximum Gasteiger partial charge on any atom is 0.198 e. The zero-order valence-corrected chi connectivity index (χ0v) is 5.16. The van der Waals surface area contributed by atoms with Gasteiger partial charge in [0, 0.05) is 12.3 Å². The van der Waals surface area contributed by atoms with Crippen LogP contribution in [0.25, 0.3) is 0 Å². The van der Waals surface area contributed by atoms with Crippen molar-refractivity contribution in [3.8, 4) is 0 Å². The minimum Gasteiger partial charge on any atom is -0.303 e. The van der Waals surface area contributed by atoms with Crippen LogP contribution in [-0.2, 0) is 14.4 Å². The zero-order chi connectivity index (χ0) is 7.28. The molecule has 0 aliphatic heterocycles. The van der Waals surface area contributed by atoms with Crippen LogP contribution in [0.15, 0.2) is 0 Å². The zero-order valence-electron chi connectivity index (χ0n) is 5.16. The summed E-state index contributed by atoms with van der Waals surface area (Å²) in [6, 6.07) is 0. The average Bonchev–Trinajstić information content (AvgIpc) is 1.87. The Bertz CT molecular complexity index is 128. The van der Waals surface area contributed by atoms with Gasteiger partial charge in [-0.15, -0.1) is 0 Å². The summed E-state index contributed by atoms with van der Waals surface area (Å²) in [5, 5.41) is 0. The number of ketones is 1. The van der Waals surface area contributed by atoms with Gasteiger partial charge in [0.05, 0.1) is 0 Å². The van der Waals surface area contributed by atoms with Crippen molar-refractivity contribution in [1.29, 1.82) is 0 Å². The predicted octanol–water partition coefficient (Wildman–Crippen LogP) is -0.0205. The Morgan fingerprint density at radius 3 is 2.44 bits per heavy atom. The van der Waals surface area contributed by atoms with E-state index in [-0.39, 0.29) is 12.7 Å². The van der Waals surface area contributed by atoms with Crippen LogP contribution < -0.4 is 0 Å². The van der Waals surface area contributed by atoms with Crippen LogP contribution in [0.5, 0.6) is 0 Å². The van der Waals surface area contributed by atoms with E-state index in [1.807, 2.05) is 0 Å². The molecular formula is C6H8O3. The summed E-state index contributed by atoms with van der Waals surface area (Å²) in [5.41, 5.74) is 0. The first-order valence-corrected chi connectivity index (χ1v) is 2.65. The number of aldehydes is 2. The van der Waals surface area contributed by atoms with Crippen molar-refractivity contribution in [3.05, 3.63) is 0 Å². The van der Waals surface area contributed by atoms with E-state index in [0.717, 1.165) is 0 Å². The summed E-state index contributed by atoms with van der Waals surface area (Å²) in [4.78, 5) is 29.9. The van der Waals surface area contributed by atoms with E-state index >= 15 is 0 Å². The minimum atomic E-state index is -0.512. The molecule has 0 aromatic heterocycles. The summed E-state index contributed by atoms with van der Waals surface area (Å²) in [6.45, 7) is 1.55. The summed E-state index contributed by atoms with van der Waals surface area (Å²) >= 11 is 0. The molecule has 0 aliphatic rings. The van der Waals surface area contributed by atoms with Gasteiger partial charge in [-0.1, -0.05) is 6.92 Å². The van der Waals surface area contributed by atoms with E-state index in [0.29, 0.717) is 6.29 Å². The fourth-order valence-electron chi connectivity index (χ4n) is 0.377. The smallest absolute Gasteiger partial charge is 0.198 e. The largest absolute Gasteiger partial charge is 0.303 e. The van der Waals surface area contributed by atoms with Crippen LogP contribution in [0.1, 0.15) is 13.3 Å². The summed E-state index contributed by atoms with van der Waals surface area (Å²) < 4.78 is 0. The maximum absolute atomic E-state index is 10.4. The quantitative estimate of drug-likeness (QED) is 0.395. The normalized spacial score (nSPS) is 12.1. The predicted molar refractivity (Wildman–Crippen MR) is 30.9 cm³/mol. The SMILES string of the molecule is CC(CC=O)C(=O)C=O. The molecule has 0 aromatic rings. The average molecular weight is 128 g/mol. The lowest BCUT2D eigenvalue weighted by Gasteiger charge is -1.96. The Balaban J connectivity index is 3.71. The molecule has 50 valence electrons. The van der Waals surface area contributed by atoms with Crippen molar-refractivity contribution in [2.75, 3.05) is 0 Å². The molecule has 0 bridgehead atoms. The molecule has 0 heterocycles. The molecule has 0 aliphatic carbocycles. The van der Waals surface area contributed by atoms with Gasteiger partial charge in [0.25, 0.3) is 0 Å². The summed E-state index contributed by atoms with van der Waals surface area (Å²) in [6.07, 6.45) is 1.01. The summed E-state index contributed by atoms with van der Waals surface area (Å²) in [7, 11) is 0. The number of hydrogen-bond acceptors (Lipinski definition) is 3. The van der Waals surface area contributed by atoms with Crippen LogP contribution in [0.3, 0.4) is 0 Å². The van der Waals surface area contributed by atoms with Crippen molar-refractivity contribution in [1.82, 2.24) is 0 Å². The Hall–Kier alpha value is -0.990. The molecule has 0 saturated carbocycles. The molecule has 0 N–H and O–H groups in total. The van der Waals surface area contributed by atoms with Crippen LogP contribution >= 0.6 is 0 Å². The maximum atomic E-state index is 10.4. The molecule has 0 spiro atoms. The van der Waals surface area contributed by atoms with Crippen molar-refractivity contribution < 1.29 is 14.4 Å². The van der Waals surface area contributed by atoms with Crippen LogP contribution in [-0.4, -0.2) is 18.4 Å². The van der Waals surface area contributed by atoms with E-state index in [4.69, 9.17) is 0 Å². The lowest BCUT2D eigenvalue weighted by atomic mass is 10.1. The van der Waals surface area contributed by atoms with Crippen molar-refractivity contribution in [2.45, 2.75) is 13.3 Å². The Labute approximate surface area is 53.0 Å². The van der Waals surface area contributed by atoms with E-state index < -0.39 is 11.7 Å². The molecular weight excluding hydrogens is 120 g/mol. The minimum absolute atomic E-state index is 0.136. The molecule has 3 heteroatoms. The lowest BCUT2D eigenvalue weighted by molar-refractivity contribution is -0.132. The van der Waals surface area contributed by atoms with Crippen molar-refractivity contribution >= 4 is 18.4 Å². The van der Waals surface area contributed by atoms with Gasteiger partial charge in [-0.25, -0.2) is 0 Å². The van der Waals surface area contributed by atoms with Gasteiger partial charge in [0.2, 0.25) is 0 Å². The molecule has 0 aromatic carbocycles. The highest BCUT2D eigenvalue weighted by Crippen LogP contribution is 1.97. The molecule has 0 rings (SSSR count). The fraction of sp³-hybridized carbons (Fsp3) is 0.500. The van der Waals surface area contributed by atoms with Crippen LogP contribution in [0.2, 0.25) is 0 Å². The van der Waals surface area contributed by atoms with Crippen molar-refractivity contribution in [3.63, 3.8) is 0 Å². The molecule has 0 radical (unpaired) electrons. The topological polar surface area (TPSA) is 51.2 Å². The van der Waals surface area contributed by atoms with Gasteiger partial charge in [-0.3, -0.25) is 9.59 Å². The van der Waals surface area contributed by atoms with E-state index in [1.54, 1.807) is 6.92 Å². The van der Waals surface area contributed by atoms with Crippen LogP contribution in [0.4, 0.5) is 0 Å². The number of rotatable bonds is 4. The second kappa shape index (κ2) is 3.95. The van der Waals surface area contributed by atoms with E-state index in [1.165, 1.54) is 0 Å². The van der Waals surface area contributed by atoms with Gasteiger partial charge < -0.3 is 4.79 Å². The first kappa shape index (κ1) is 8.01. The third kappa shape index (κ3) is 2.74.